The highest BCUT2D eigenvalue weighted by Gasteiger charge is 2.18. The van der Waals surface area contributed by atoms with Crippen molar-refractivity contribution in [1.82, 2.24) is 0 Å². The van der Waals surface area contributed by atoms with E-state index < -0.39 is 0 Å². The topological polar surface area (TPSA) is 18.5 Å². The largest absolute Gasteiger partial charge is 0.378 e. The summed E-state index contributed by atoms with van der Waals surface area (Å²) >= 11 is 2.40. The molecule has 2 fully saturated rings. The molecule has 2 aliphatic rings. The van der Waals surface area contributed by atoms with E-state index in [1.807, 2.05) is 0 Å². The van der Waals surface area contributed by atoms with E-state index in [0.717, 1.165) is 23.7 Å². The van der Waals surface area contributed by atoms with Gasteiger partial charge in [-0.05, 0) is 64.2 Å². The molecule has 4 atom stereocenters. The van der Waals surface area contributed by atoms with Crippen LogP contribution in [0.2, 0.25) is 0 Å². The van der Waals surface area contributed by atoms with Crippen LogP contribution in [0.4, 0.5) is 0 Å². The van der Waals surface area contributed by atoms with E-state index in [-0.39, 0.29) is 0 Å². The van der Waals surface area contributed by atoms with Crippen molar-refractivity contribution in [2.45, 2.75) is 178 Å². The molecule has 0 saturated carbocycles. The first-order chi connectivity index (χ1) is 16.3. The Balaban J connectivity index is 1.59. The third-order valence-electron chi connectivity index (χ3n) is 7.80. The van der Waals surface area contributed by atoms with Crippen molar-refractivity contribution in [3.05, 3.63) is 0 Å². The number of hydrogen-bond acceptors (Lipinski definition) is 3. The standard InChI is InChI=1S/C30H58O2S/c1-3-5-21-29(23-13-9-7-11-17-27-19-15-25-31-27)33-30(22-6-4-2)24-14-10-8-12-18-28-20-16-26-32-28/h27-30H,3-26H2,1-2H3. The summed E-state index contributed by atoms with van der Waals surface area (Å²) in [6, 6.07) is 0. The van der Waals surface area contributed by atoms with Crippen molar-refractivity contribution in [2.75, 3.05) is 13.2 Å². The maximum Gasteiger partial charge on any atom is 0.0576 e. The zero-order valence-corrected chi connectivity index (χ0v) is 23.3. The molecule has 0 N–H and O–H groups in total. The first kappa shape index (κ1) is 29.5. The average Bonchev–Trinajstić information content (AvgIpc) is 3.54. The van der Waals surface area contributed by atoms with E-state index >= 15 is 0 Å². The lowest BCUT2D eigenvalue weighted by Gasteiger charge is -2.24. The van der Waals surface area contributed by atoms with Crippen LogP contribution in [0.3, 0.4) is 0 Å². The number of thioether (sulfide) groups is 1. The van der Waals surface area contributed by atoms with Crippen molar-refractivity contribution < 1.29 is 9.47 Å². The Morgan fingerprint density at radius 2 is 1.00 bits per heavy atom. The van der Waals surface area contributed by atoms with Crippen molar-refractivity contribution in [2.24, 2.45) is 0 Å². The van der Waals surface area contributed by atoms with Crippen molar-refractivity contribution >= 4 is 11.8 Å². The summed E-state index contributed by atoms with van der Waals surface area (Å²) in [6.07, 6.45) is 31.6. The summed E-state index contributed by atoms with van der Waals surface area (Å²) < 4.78 is 11.6. The SMILES string of the molecule is CCCCC(CCCCCCC1CCCO1)SC(CCCC)CCCCCCC1CCCO1. The van der Waals surface area contributed by atoms with E-state index in [2.05, 4.69) is 25.6 Å². The van der Waals surface area contributed by atoms with E-state index in [1.165, 1.54) is 141 Å². The molecule has 33 heavy (non-hydrogen) atoms. The Morgan fingerprint density at radius 1 is 0.576 bits per heavy atom. The second kappa shape index (κ2) is 20.5. The van der Waals surface area contributed by atoms with Crippen molar-refractivity contribution in [3.8, 4) is 0 Å². The van der Waals surface area contributed by atoms with E-state index in [9.17, 15) is 0 Å². The fourth-order valence-electron chi connectivity index (χ4n) is 5.64. The summed E-state index contributed by atoms with van der Waals surface area (Å²) in [5.74, 6) is 0. The van der Waals surface area contributed by atoms with Crippen molar-refractivity contribution in [3.63, 3.8) is 0 Å². The van der Waals surface area contributed by atoms with Gasteiger partial charge in [-0.3, -0.25) is 0 Å². The van der Waals surface area contributed by atoms with E-state index in [4.69, 9.17) is 9.47 Å². The van der Waals surface area contributed by atoms with Crippen LogP contribution in [-0.4, -0.2) is 35.9 Å². The van der Waals surface area contributed by atoms with Crippen LogP contribution >= 0.6 is 11.8 Å². The summed E-state index contributed by atoms with van der Waals surface area (Å²) in [4.78, 5) is 0. The third kappa shape index (κ3) is 15.1. The molecule has 0 radical (unpaired) electrons. The minimum absolute atomic E-state index is 0.591. The van der Waals surface area contributed by atoms with Crippen LogP contribution in [0.5, 0.6) is 0 Å². The van der Waals surface area contributed by atoms with Gasteiger partial charge in [-0.2, -0.15) is 11.8 Å². The molecule has 0 aliphatic carbocycles. The second-order valence-corrected chi connectivity index (χ2v) is 12.5. The summed E-state index contributed by atoms with van der Waals surface area (Å²) in [5, 5.41) is 1.81. The van der Waals surface area contributed by atoms with E-state index in [0.29, 0.717) is 12.2 Å². The Bertz CT molecular complexity index is 380. The summed E-state index contributed by atoms with van der Waals surface area (Å²) in [6.45, 7) is 6.74. The molecular weight excluding hydrogens is 424 g/mol. The first-order valence-electron chi connectivity index (χ1n) is 15.2. The molecule has 0 amide bonds. The van der Waals surface area contributed by atoms with Crippen molar-refractivity contribution in [1.29, 1.82) is 0 Å². The van der Waals surface area contributed by atoms with Gasteiger partial charge >= 0.3 is 0 Å². The Hall–Kier alpha value is 0.270. The van der Waals surface area contributed by atoms with Gasteiger partial charge in [0, 0.05) is 23.7 Å². The number of unbranched alkanes of at least 4 members (excludes halogenated alkanes) is 8. The smallest absolute Gasteiger partial charge is 0.0576 e. The predicted octanol–water partition coefficient (Wildman–Crippen LogP) is 9.88. The number of hydrogen-bond donors (Lipinski definition) is 0. The first-order valence-corrected chi connectivity index (χ1v) is 16.1. The van der Waals surface area contributed by atoms with Crippen LogP contribution in [-0.2, 0) is 9.47 Å². The minimum Gasteiger partial charge on any atom is -0.378 e. The molecule has 2 rings (SSSR count). The monoisotopic (exact) mass is 482 g/mol. The normalized spacial score (nSPS) is 22.7. The Morgan fingerprint density at radius 3 is 1.39 bits per heavy atom. The molecule has 0 spiro atoms. The van der Waals surface area contributed by atoms with Gasteiger partial charge in [0.2, 0.25) is 0 Å². The predicted molar refractivity (Wildman–Crippen MR) is 148 cm³/mol. The minimum atomic E-state index is 0.591. The van der Waals surface area contributed by atoms with E-state index in [1.54, 1.807) is 0 Å². The van der Waals surface area contributed by atoms with Crippen LogP contribution in [0.15, 0.2) is 0 Å². The number of rotatable bonds is 22. The van der Waals surface area contributed by atoms with Gasteiger partial charge in [0.1, 0.15) is 0 Å². The lowest BCUT2D eigenvalue weighted by molar-refractivity contribution is 0.102. The Kier molecular flexibility index (Phi) is 18.3. The fourth-order valence-corrected chi connectivity index (χ4v) is 7.39. The lowest BCUT2D eigenvalue weighted by atomic mass is 10.0. The summed E-state index contributed by atoms with van der Waals surface area (Å²) in [5.41, 5.74) is 0. The molecule has 2 aliphatic heterocycles. The highest BCUT2D eigenvalue weighted by Crippen LogP contribution is 2.33. The quantitative estimate of drug-likeness (QED) is 0.143. The highest BCUT2D eigenvalue weighted by molar-refractivity contribution is 8.00. The molecule has 2 saturated heterocycles. The van der Waals surface area contributed by atoms with Crippen LogP contribution in [0, 0.1) is 0 Å². The highest BCUT2D eigenvalue weighted by atomic mass is 32.2. The average molecular weight is 483 g/mol. The Labute approximate surface area is 212 Å². The van der Waals surface area contributed by atoms with Gasteiger partial charge in [-0.1, -0.05) is 90.9 Å². The second-order valence-electron chi connectivity index (χ2n) is 10.9. The molecule has 196 valence electrons. The molecule has 2 heterocycles. The van der Waals surface area contributed by atoms with Gasteiger partial charge in [-0.25, -0.2) is 0 Å². The van der Waals surface area contributed by atoms with Crippen LogP contribution in [0.25, 0.3) is 0 Å². The van der Waals surface area contributed by atoms with Gasteiger partial charge in [-0.15, -0.1) is 0 Å². The van der Waals surface area contributed by atoms with Gasteiger partial charge in [0.15, 0.2) is 0 Å². The molecule has 0 aromatic heterocycles. The van der Waals surface area contributed by atoms with Gasteiger partial charge in [0.25, 0.3) is 0 Å². The zero-order chi connectivity index (χ0) is 23.4. The van der Waals surface area contributed by atoms with Gasteiger partial charge in [0.05, 0.1) is 12.2 Å². The lowest BCUT2D eigenvalue weighted by Crippen LogP contribution is -2.12. The number of ether oxygens (including phenoxy) is 2. The molecule has 0 aromatic rings. The third-order valence-corrected chi connectivity index (χ3v) is 9.51. The molecule has 2 nitrogen and oxygen atoms in total. The molecule has 0 bridgehead atoms. The summed E-state index contributed by atoms with van der Waals surface area (Å²) in [7, 11) is 0. The maximum atomic E-state index is 5.79. The molecular formula is C30H58O2S. The molecule has 3 heteroatoms. The molecule has 4 unspecified atom stereocenters. The van der Waals surface area contributed by atoms with Gasteiger partial charge < -0.3 is 9.47 Å². The fraction of sp³-hybridized carbons (Fsp3) is 1.00. The van der Waals surface area contributed by atoms with Crippen LogP contribution in [0.1, 0.15) is 155 Å². The van der Waals surface area contributed by atoms with Crippen LogP contribution < -0.4 is 0 Å². The maximum absolute atomic E-state index is 5.79. The zero-order valence-electron chi connectivity index (χ0n) is 22.5. The molecule has 0 aromatic carbocycles.